The largest absolute Gasteiger partial charge is 0.357 e. The minimum atomic E-state index is -0.635. The van der Waals surface area contributed by atoms with E-state index in [-0.39, 0.29) is 30.2 Å². The first kappa shape index (κ1) is 17.7. The number of likely N-dealkylation sites (N-methyl/N-ethyl adjacent to an activating group) is 1. The lowest BCUT2D eigenvalue weighted by Crippen LogP contribution is -2.48. The molecule has 0 radical (unpaired) electrons. The summed E-state index contributed by atoms with van der Waals surface area (Å²) in [5.41, 5.74) is 0.964. The molecule has 120 valence electrons. The van der Waals surface area contributed by atoms with Crippen LogP contribution in [0.25, 0.3) is 0 Å². The number of hydrogen-bond donors (Lipinski definition) is 3. The average molecular weight is 305 g/mol. The maximum atomic E-state index is 12.0. The monoisotopic (exact) mass is 305 g/mol. The quantitative estimate of drug-likeness (QED) is 0.680. The van der Waals surface area contributed by atoms with Gasteiger partial charge in [-0.15, -0.1) is 0 Å². The van der Waals surface area contributed by atoms with E-state index in [4.69, 9.17) is 0 Å². The highest BCUT2D eigenvalue weighted by Gasteiger charge is 2.21. The third-order valence-electron chi connectivity index (χ3n) is 3.12. The standard InChI is InChI=1S/C16H23N3O3/c1-11(18-12(2)20)9-15(21)19-14(16(22)17-3)10-13-7-5-4-6-8-13/h4-8,11,14H,9-10H2,1-3H3,(H,17,22)(H,18,20)(H,19,21)/t11-,14+/m0/s1. The van der Waals surface area contributed by atoms with Crippen LogP contribution in [0.3, 0.4) is 0 Å². The lowest BCUT2D eigenvalue weighted by atomic mass is 10.0. The summed E-state index contributed by atoms with van der Waals surface area (Å²) in [4.78, 5) is 34.9. The van der Waals surface area contributed by atoms with Gasteiger partial charge in [-0.3, -0.25) is 14.4 Å². The minimum absolute atomic E-state index is 0.127. The Kier molecular flexibility index (Phi) is 7.08. The van der Waals surface area contributed by atoms with Gasteiger partial charge in [-0.25, -0.2) is 0 Å². The van der Waals surface area contributed by atoms with Crippen molar-refractivity contribution >= 4 is 17.7 Å². The summed E-state index contributed by atoms with van der Waals surface area (Å²) in [5.74, 6) is -0.706. The van der Waals surface area contributed by atoms with Crippen LogP contribution in [0.5, 0.6) is 0 Å². The predicted molar refractivity (Wildman–Crippen MR) is 84.0 cm³/mol. The molecule has 0 saturated carbocycles. The summed E-state index contributed by atoms with van der Waals surface area (Å²) >= 11 is 0. The smallest absolute Gasteiger partial charge is 0.242 e. The van der Waals surface area contributed by atoms with Gasteiger partial charge in [0, 0.05) is 32.9 Å². The highest BCUT2D eigenvalue weighted by Crippen LogP contribution is 2.04. The molecule has 0 aliphatic heterocycles. The van der Waals surface area contributed by atoms with Gasteiger partial charge in [0.25, 0.3) is 0 Å². The van der Waals surface area contributed by atoms with Gasteiger partial charge in [0.15, 0.2) is 0 Å². The molecule has 0 aliphatic carbocycles. The highest BCUT2D eigenvalue weighted by molar-refractivity contribution is 5.88. The zero-order chi connectivity index (χ0) is 16.5. The van der Waals surface area contributed by atoms with Gasteiger partial charge in [-0.05, 0) is 12.5 Å². The Hall–Kier alpha value is -2.37. The van der Waals surface area contributed by atoms with Gasteiger partial charge in [0.05, 0.1) is 0 Å². The fourth-order valence-corrected chi connectivity index (χ4v) is 2.16. The Morgan fingerprint density at radius 1 is 1.09 bits per heavy atom. The Labute approximate surface area is 130 Å². The van der Waals surface area contributed by atoms with Gasteiger partial charge < -0.3 is 16.0 Å². The van der Waals surface area contributed by atoms with E-state index in [1.54, 1.807) is 6.92 Å². The normalized spacial score (nSPS) is 12.9. The summed E-state index contributed by atoms with van der Waals surface area (Å²) in [7, 11) is 1.53. The van der Waals surface area contributed by atoms with Crippen LogP contribution < -0.4 is 16.0 Å². The fraction of sp³-hybridized carbons (Fsp3) is 0.438. The molecule has 2 atom stereocenters. The molecular weight excluding hydrogens is 282 g/mol. The van der Waals surface area contributed by atoms with E-state index < -0.39 is 6.04 Å². The van der Waals surface area contributed by atoms with Crippen LogP contribution in [0, 0.1) is 0 Å². The molecule has 1 aromatic rings. The van der Waals surface area contributed by atoms with Crippen LogP contribution in [-0.2, 0) is 20.8 Å². The van der Waals surface area contributed by atoms with Crippen LogP contribution in [0.15, 0.2) is 30.3 Å². The number of hydrogen-bond acceptors (Lipinski definition) is 3. The number of rotatable bonds is 7. The molecule has 0 aromatic heterocycles. The van der Waals surface area contributed by atoms with E-state index in [0.29, 0.717) is 6.42 Å². The molecule has 6 heteroatoms. The van der Waals surface area contributed by atoms with Crippen molar-refractivity contribution in [3.63, 3.8) is 0 Å². The molecule has 1 rings (SSSR count). The average Bonchev–Trinajstić information content (AvgIpc) is 2.45. The van der Waals surface area contributed by atoms with Gasteiger partial charge in [0.2, 0.25) is 17.7 Å². The molecule has 0 aliphatic rings. The minimum Gasteiger partial charge on any atom is -0.357 e. The summed E-state index contributed by atoms with van der Waals surface area (Å²) in [6.07, 6.45) is 0.544. The fourth-order valence-electron chi connectivity index (χ4n) is 2.16. The molecule has 3 N–H and O–H groups in total. The van der Waals surface area contributed by atoms with Crippen molar-refractivity contribution in [3.05, 3.63) is 35.9 Å². The Bertz CT molecular complexity index is 517. The van der Waals surface area contributed by atoms with E-state index in [9.17, 15) is 14.4 Å². The first-order valence-electron chi connectivity index (χ1n) is 7.24. The third-order valence-corrected chi connectivity index (χ3v) is 3.12. The Morgan fingerprint density at radius 3 is 2.27 bits per heavy atom. The van der Waals surface area contributed by atoms with Crippen LogP contribution in [0.4, 0.5) is 0 Å². The highest BCUT2D eigenvalue weighted by atomic mass is 16.2. The number of benzene rings is 1. The molecule has 0 spiro atoms. The summed E-state index contributed by atoms with van der Waals surface area (Å²) < 4.78 is 0. The van der Waals surface area contributed by atoms with Crippen molar-refractivity contribution in [2.75, 3.05) is 7.05 Å². The molecule has 0 unspecified atom stereocenters. The van der Waals surface area contributed by atoms with Gasteiger partial charge in [0.1, 0.15) is 6.04 Å². The second kappa shape index (κ2) is 8.81. The zero-order valence-corrected chi connectivity index (χ0v) is 13.2. The van der Waals surface area contributed by atoms with Crippen molar-refractivity contribution < 1.29 is 14.4 Å². The molecule has 0 fully saturated rings. The predicted octanol–water partition coefficient (Wildman–Crippen LogP) is 0.375. The molecule has 0 heterocycles. The molecule has 0 bridgehead atoms. The van der Waals surface area contributed by atoms with Crippen molar-refractivity contribution in [2.24, 2.45) is 0 Å². The topological polar surface area (TPSA) is 87.3 Å². The van der Waals surface area contributed by atoms with Crippen LogP contribution in [0.1, 0.15) is 25.8 Å². The van der Waals surface area contributed by atoms with Crippen molar-refractivity contribution in [3.8, 4) is 0 Å². The van der Waals surface area contributed by atoms with E-state index in [1.807, 2.05) is 30.3 Å². The van der Waals surface area contributed by atoms with Gasteiger partial charge in [-0.2, -0.15) is 0 Å². The van der Waals surface area contributed by atoms with E-state index in [2.05, 4.69) is 16.0 Å². The lowest BCUT2D eigenvalue weighted by molar-refractivity contribution is -0.129. The summed E-state index contributed by atoms with van der Waals surface area (Å²) in [5, 5.41) is 7.91. The molecule has 6 nitrogen and oxygen atoms in total. The molecule has 0 saturated heterocycles. The Balaban J connectivity index is 2.63. The second-order valence-electron chi connectivity index (χ2n) is 5.23. The first-order valence-corrected chi connectivity index (χ1v) is 7.24. The van der Waals surface area contributed by atoms with E-state index >= 15 is 0 Å². The van der Waals surface area contributed by atoms with Gasteiger partial charge in [-0.1, -0.05) is 30.3 Å². The van der Waals surface area contributed by atoms with Gasteiger partial charge >= 0.3 is 0 Å². The SMILES string of the molecule is CNC(=O)[C@@H](Cc1ccccc1)NC(=O)C[C@H](C)NC(C)=O. The molecule has 22 heavy (non-hydrogen) atoms. The maximum absolute atomic E-state index is 12.0. The van der Waals surface area contributed by atoms with E-state index in [1.165, 1.54) is 14.0 Å². The van der Waals surface area contributed by atoms with Crippen molar-refractivity contribution in [1.82, 2.24) is 16.0 Å². The first-order chi connectivity index (χ1) is 10.4. The maximum Gasteiger partial charge on any atom is 0.242 e. The summed E-state index contributed by atoms with van der Waals surface area (Å²) in [6, 6.07) is 8.56. The van der Waals surface area contributed by atoms with Crippen molar-refractivity contribution in [2.45, 2.75) is 38.8 Å². The zero-order valence-electron chi connectivity index (χ0n) is 13.2. The Morgan fingerprint density at radius 2 is 1.73 bits per heavy atom. The van der Waals surface area contributed by atoms with Crippen LogP contribution in [0.2, 0.25) is 0 Å². The van der Waals surface area contributed by atoms with Crippen LogP contribution >= 0.6 is 0 Å². The lowest BCUT2D eigenvalue weighted by Gasteiger charge is -2.19. The number of nitrogens with one attached hydrogen (secondary N) is 3. The summed E-state index contributed by atoms with van der Waals surface area (Å²) in [6.45, 7) is 3.14. The van der Waals surface area contributed by atoms with Crippen molar-refractivity contribution in [1.29, 1.82) is 0 Å². The molecular formula is C16H23N3O3. The number of amides is 3. The second-order valence-corrected chi connectivity index (χ2v) is 5.23. The molecule has 1 aromatic carbocycles. The number of carbonyl (C=O) groups excluding carboxylic acids is 3. The van der Waals surface area contributed by atoms with E-state index in [0.717, 1.165) is 5.56 Å². The van der Waals surface area contributed by atoms with Crippen LogP contribution in [-0.4, -0.2) is 36.9 Å². The molecule has 3 amide bonds. The third kappa shape index (κ3) is 6.39. The number of carbonyl (C=O) groups is 3.